The van der Waals surface area contributed by atoms with Gasteiger partial charge in [0, 0.05) is 0 Å². The zero-order valence-electron chi connectivity index (χ0n) is 12.7. The molecule has 0 aromatic heterocycles. The number of carboxylic acid groups (broad SMARTS) is 1. The Morgan fingerprint density at radius 3 is 2.48 bits per heavy atom. The van der Waals surface area contributed by atoms with Gasteiger partial charge in [-0.15, -0.1) is 0 Å². The van der Waals surface area contributed by atoms with Crippen molar-refractivity contribution in [3.63, 3.8) is 0 Å². The largest absolute Gasteiger partial charge is 0.480 e. The third-order valence-electron chi connectivity index (χ3n) is 4.48. The fourth-order valence-corrected chi connectivity index (χ4v) is 3.10. The van der Waals surface area contributed by atoms with Crippen LogP contribution < -0.4 is 5.32 Å². The van der Waals surface area contributed by atoms with Crippen LogP contribution >= 0.6 is 0 Å². The molecule has 2 N–H and O–H groups in total. The maximum absolute atomic E-state index is 12.7. The minimum Gasteiger partial charge on any atom is -0.480 e. The predicted octanol–water partition coefficient (Wildman–Crippen LogP) is 2.79. The molecular weight excluding hydrogens is 266 g/mol. The van der Waals surface area contributed by atoms with E-state index in [0.717, 1.165) is 36.8 Å². The first-order chi connectivity index (χ1) is 10.0. The van der Waals surface area contributed by atoms with Crippen LogP contribution in [0.4, 0.5) is 0 Å². The molecule has 1 aliphatic carbocycles. The Labute approximate surface area is 125 Å². The van der Waals surface area contributed by atoms with E-state index in [9.17, 15) is 14.7 Å². The molecule has 1 atom stereocenters. The lowest BCUT2D eigenvalue weighted by Crippen LogP contribution is -2.54. The second kappa shape index (κ2) is 6.29. The predicted molar refractivity (Wildman–Crippen MR) is 81.2 cm³/mol. The van der Waals surface area contributed by atoms with Crippen molar-refractivity contribution in [3.8, 4) is 0 Å². The molecule has 1 unspecified atom stereocenters. The molecule has 0 spiro atoms. The summed E-state index contributed by atoms with van der Waals surface area (Å²) in [7, 11) is 0. The van der Waals surface area contributed by atoms with E-state index in [2.05, 4.69) is 5.32 Å². The summed E-state index contributed by atoms with van der Waals surface area (Å²) in [4.78, 5) is 24.0. The molecule has 4 nitrogen and oxygen atoms in total. The highest BCUT2D eigenvalue weighted by Gasteiger charge is 2.47. The van der Waals surface area contributed by atoms with Crippen molar-refractivity contribution in [2.24, 2.45) is 0 Å². The van der Waals surface area contributed by atoms with Crippen LogP contribution in [-0.4, -0.2) is 23.0 Å². The van der Waals surface area contributed by atoms with Crippen molar-refractivity contribution in [2.75, 3.05) is 0 Å². The number of hydrogen-bond donors (Lipinski definition) is 2. The van der Waals surface area contributed by atoms with Gasteiger partial charge in [0.05, 0.1) is 5.41 Å². The van der Waals surface area contributed by atoms with Gasteiger partial charge in [-0.2, -0.15) is 0 Å². The summed E-state index contributed by atoms with van der Waals surface area (Å²) < 4.78 is 0. The molecular formula is C17H23NO3. The van der Waals surface area contributed by atoms with Crippen LogP contribution in [0.3, 0.4) is 0 Å². The average molecular weight is 289 g/mol. The molecule has 0 radical (unpaired) electrons. The van der Waals surface area contributed by atoms with Crippen molar-refractivity contribution >= 4 is 11.9 Å². The first-order valence-electron chi connectivity index (χ1n) is 7.61. The highest BCUT2D eigenvalue weighted by atomic mass is 16.4. The number of carboxylic acids is 1. The van der Waals surface area contributed by atoms with Crippen LogP contribution in [0.15, 0.2) is 24.3 Å². The van der Waals surface area contributed by atoms with Crippen LogP contribution in [0.5, 0.6) is 0 Å². The van der Waals surface area contributed by atoms with Crippen molar-refractivity contribution in [1.82, 2.24) is 5.32 Å². The van der Waals surface area contributed by atoms with Crippen molar-refractivity contribution in [2.45, 2.75) is 57.4 Å². The number of aryl methyl sites for hydroxylation is 1. The molecule has 0 heterocycles. The number of benzene rings is 1. The molecule has 1 aromatic rings. The van der Waals surface area contributed by atoms with E-state index >= 15 is 0 Å². The number of carbonyl (C=O) groups is 2. The fourth-order valence-electron chi connectivity index (χ4n) is 3.10. The Bertz CT molecular complexity index is 535. The third kappa shape index (κ3) is 2.94. The van der Waals surface area contributed by atoms with Gasteiger partial charge in [-0.25, -0.2) is 4.79 Å². The second-order valence-electron chi connectivity index (χ2n) is 5.90. The Hall–Kier alpha value is -1.84. The summed E-state index contributed by atoms with van der Waals surface area (Å²) in [6.07, 6.45) is 3.79. The van der Waals surface area contributed by atoms with Crippen LogP contribution in [-0.2, 0) is 15.0 Å². The molecule has 4 heteroatoms. The van der Waals surface area contributed by atoms with E-state index in [1.807, 2.05) is 38.1 Å². The van der Waals surface area contributed by atoms with Gasteiger partial charge in [-0.3, -0.25) is 4.79 Å². The molecule has 1 aromatic carbocycles. The van der Waals surface area contributed by atoms with Gasteiger partial charge in [0.25, 0.3) is 0 Å². The fraction of sp³-hybridized carbons (Fsp3) is 0.529. The first kappa shape index (κ1) is 15.5. The van der Waals surface area contributed by atoms with Crippen LogP contribution in [0.1, 0.15) is 50.2 Å². The van der Waals surface area contributed by atoms with Gasteiger partial charge in [-0.05, 0) is 37.3 Å². The first-order valence-corrected chi connectivity index (χ1v) is 7.61. The maximum atomic E-state index is 12.7. The number of aliphatic carboxylic acids is 1. The summed E-state index contributed by atoms with van der Waals surface area (Å²) in [5.41, 5.74) is 1.59. The Morgan fingerprint density at radius 1 is 1.33 bits per heavy atom. The summed E-state index contributed by atoms with van der Waals surface area (Å²) in [5.74, 6) is -1.09. The average Bonchev–Trinajstić information content (AvgIpc) is 2.39. The quantitative estimate of drug-likeness (QED) is 0.846. The molecule has 21 heavy (non-hydrogen) atoms. The van der Waals surface area contributed by atoms with Gasteiger partial charge in [0.2, 0.25) is 5.91 Å². The number of hydrogen-bond acceptors (Lipinski definition) is 2. The Balaban J connectivity index is 2.23. The Kier molecular flexibility index (Phi) is 4.66. The molecule has 2 rings (SSSR count). The minimum absolute atomic E-state index is 0.135. The lowest BCUT2D eigenvalue weighted by Gasteiger charge is -2.42. The van der Waals surface area contributed by atoms with Crippen LogP contribution in [0, 0.1) is 6.92 Å². The number of amides is 1. The van der Waals surface area contributed by atoms with Gasteiger partial charge < -0.3 is 10.4 Å². The summed E-state index contributed by atoms with van der Waals surface area (Å²) >= 11 is 0. The lowest BCUT2D eigenvalue weighted by atomic mass is 9.62. The van der Waals surface area contributed by atoms with Crippen molar-refractivity contribution in [3.05, 3.63) is 35.4 Å². The number of nitrogens with one attached hydrogen (secondary N) is 1. The van der Waals surface area contributed by atoms with Crippen molar-refractivity contribution < 1.29 is 14.7 Å². The normalized spacial score (nSPS) is 17.6. The molecule has 114 valence electrons. The summed E-state index contributed by atoms with van der Waals surface area (Å²) in [6, 6.07) is 7.10. The van der Waals surface area contributed by atoms with Crippen molar-refractivity contribution in [1.29, 1.82) is 0 Å². The van der Waals surface area contributed by atoms with E-state index in [1.54, 1.807) is 0 Å². The Morgan fingerprint density at radius 2 is 2.00 bits per heavy atom. The van der Waals surface area contributed by atoms with E-state index in [1.165, 1.54) is 0 Å². The van der Waals surface area contributed by atoms with E-state index in [4.69, 9.17) is 0 Å². The minimum atomic E-state index is -0.954. The van der Waals surface area contributed by atoms with Crippen LogP contribution in [0.2, 0.25) is 0 Å². The lowest BCUT2D eigenvalue weighted by molar-refractivity contribution is -0.143. The summed E-state index contributed by atoms with van der Waals surface area (Å²) in [5, 5.41) is 12.0. The highest BCUT2D eigenvalue weighted by molar-refractivity contribution is 5.92. The third-order valence-corrected chi connectivity index (χ3v) is 4.48. The topological polar surface area (TPSA) is 66.4 Å². The number of carbonyl (C=O) groups excluding carboxylic acids is 1. The molecule has 1 fully saturated rings. The SMILES string of the molecule is CCCC(NC(=O)C1(c2ccccc2C)CCC1)C(=O)O. The zero-order chi connectivity index (χ0) is 15.5. The van der Waals surface area contributed by atoms with E-state index < -0.39 is 17.4 Å². The van der Waals surface area contributed by atoms with Crippen LogP contribution in [0.25, 0.3) is 0 Å². The van der Waals surface area contributed by atoms with E-state index in [0.29, 0.717) is 6.42 Å². The maximum Gasteiger partial charge on any atom is 0.326 e. The standard InChI is InChI=1S/C17H23NO3/c1-3-7-14(15(19)20)18-16(21)17(10-6-11-17)13-9-5-4-8-12(13)2/h4-5,8-9,14H,3,6-7,10-11H2,1-2H3,(H,18,21)(H,19,20). The van der Waals surface area contributed by atoms with Gasteiger partial charge in [0.15, 0.2) is 0 Å². The molecule has 1 saturated carbocycles. The monoisotopic (exact) mass is 289 g/mol. The molecule has 0 saturated heterocycles. The smallest absolute Gasteiger partial charge is 0.326 e. The molecule has 1 aliphatic rings. The van der Waals surface area contributed by atoms with E-state index in [-0.39, 0.29) is 5.91 Å². The van der Waals surface area contributed by atoms with Gasteiger partial charge >= 0.3 is 5.97 Å². The molecule has 1 amide bonds. The molecule has 0 aliphatic heterocycles. The summed E-state index contributed by atoms with van der Waals surface area (Å²) in [6.45, 7) is 3.92. The number of rotatable bonds is 6. The second-order valence-corrected chi connectivity index (χ2v) is 5.90. The zero-order valence-corrected chi connectivity index (χ0v) is 12.7. The highest BCUT2D eigenvalue weighted by Crippen LogP contribution is 2.45. The van der Waals surface area contributed by atoms with Gasteiger partial charge in [-0.1, -0.05) is 44.0 Å². The molecule has 0 bridgehead atoms. The van der Waals surface area contributed by atoms with Gasteiger partial charge in [0.1, 0.15) is 6.04 Å².